The number of aromatic nitrogens is 1. The van der Waals surface area contributed by atoms with Gasteiger partial charge in [-0.15, -0.1) is 0 Å². The molecular formula is C20H17ClN2O4. The first kappa shape index (κ1) is 18.5. The molecule has 7 heteroatoms. The Hall–Kier alpha value is -3.25. The van der Waals surface area contributed by atoms with Crippen LogP contribution in [0.1, 0.15) is 0 Å². The van der Waals surface area contributed by atoms with Gasteiger partial charge in [0.1, 0.15) is 17.2 Å². The second kappa shape index (κ2) is 8.91. The molecule has 1 aromatic heterocycles. The van der Waals surface area contributed by atoms with E-state index in [9.17, 15) is 4.79 Å². The van der Waals surface area contributed by atoms with Gasteiger partial charge in [-0.25, -0.2) is 4.98 Å². The number of anilines is 1. The Labute approximate surface area is 161 Å². The molecule has 0 aliphatic carbocycles. The van der Waals surface area contributed by atoms with E-state index in [4.69, 9.17) is 25.8 Å². The SMILES string of the molecule is COc1ccc(NC(=O)COc2ccc(Oc3ccccn3)cc2)cc1Cl. The van der Waals surface area contributed by atoms with E-state index in [1.165, 1.54) is 7.11 Å². The highest BCUT2D eigenvalue weighted by atomic mass is 35.5. The van der Waals surface area contributed by atoms with Crippen LogP contribution < -0.4 is 19.5 Å². The van der Waals surface area contributed by atoms with Crippen LogP contribution in [0, 0.1) is 0 Å². The topological polar surface area (TPSA) is 69.7 Å². The molecule has 0 spiro atoms. The molecule has 0 bridgehead atoms. The predicted octanol–water partition coefficient (Wildman–Crippen LogP) is 4.55. The number of hydrogen-bond acceptors (Lipinski definition) is 5. The van der Waals surface area contributed by atoms with Gasteiger partial charge in [-0.3, -0.25) is 4.79 Å². The van der Waals surface area contributed by atoms with Crippen molar-refractivity contribution in [2.45, 2.75) is 0 Å². The van der Waals surface area contributed by atoms with Crippen LogP contribution in [0.15, 0.2) is 66.9 Å². The zero-order valence-electron chi connectivity index (χ0n) is 14.5. The number of nitrogens with zero attached hydrogens (tertiary/aromatic N) is 1. The Kier molecular flexibility index (Phi) is 6.12. The number of carbonyl (C=O) groups is 1. The lowest BCUT2D eigenvalue weighted by atomic mass is 10.3. The van der Waals surface area contributed by atoms with E-state index in [1.54, 1.807) is 54.7 Å². The maximum Gasteiger partial charge on any atom is 0.262 e. The summed E-state index contributed by atoms with van der Waals surface area (Å²) in [5.74, 6) is 1.91. The fourth-order valence-electron chi connectivity index (χ4n) is 2.22. The van der Waals surface area contributed by atoms with Gasteiger partial charge in [0.15, 0.2) is 6.61 Å². The van der Waals surface area contributed by atoms with Crippen molar-refractivity contribution < 1.29 is 19.0 Å². The lowest BCUT2D eigenvalue weighted by Crippen LogP contribution is -2.20. The molecule has 0 radical (unpaired) electrons. The first-order valence-electron chi connectivity index (χ1n) is 8.09. The summed E-state index contributed by atoms with van der Waals surface area (Å²) in [6.45, 7) is -0.135. The standard InChI is InChI=1S/C20H17ClN2O4/c1-25-18-10-5-14(12-17(18)21)23-19(24)13-26-15-6-8-16(9-7-15)27-20-4-2-3-11-22-20/h2-12H,13H2,1H3,(H,23,24). The number of pyridine rings is 1. The zero-order valence-corrected chi connectivity index (χ0v) is 15.3. The van der Waals surface area contributed by atoms with Crippen LogP contribution in [0.25, 0.3) is 0 Å². The minimum absolute atomic E-state index is 0.135. The van der Waals surface area contributed by atoms with Crippen molar-refractivity contribution in [1.82, 2.24) is 4.98 Å². The number of ether oxygens (including phenoxy) is 3. The van der Waals surface area contributed by atoms with Crippen molar-refractivity contribution in [3.05, 3.63) is 71.9 Å². The molecule has 0 saturated heterocycles. The smallest absolute Gasteiger partial charge is 0.262 e. The number of hydrogen-bond donors (Lipinski definition) is 1. The normalized spacial score (nSPS) is 10.1. The van der Waals surface area contributed by atoms with Crippen LogP contribution in [0.4, 0.5) is 5.69 Å². The van der Waals surface area contributed by atoms with Gasteiger partial charge in [0.25, 0.3) is 5.91 Å². The highest BCUT2D eigenvalue weighted by Crippen LogP contribution is 2.27. The average Bonchev–Trinajstić information content (AvgIpc) is 2.68. The molecule has 0 aliphatic heterocycles. The summed E-state index contributed by atoms with van der Waals surface area (Å²) in [4.78, 5) is 16.1. The van der Waals surface area contributed by atoms with Crippen molar-refractivity contribution in [2.24, 2.45) is 0 Å². The molecule has 0 atom stereocenters. The highest BCUT2D eigenvalue weighted by Gasteiger charge is 2.07. The number of nitrogens with one attached hydrogen (secondary N) is 1. The molecule has 0 unspecified atom stereocenters. The van der Waals surface area contributed by atoms with Crippen molar-refractivity contribution in [3.8, 4) is 23.1 Å². The minimum Gasteiger partial charge on any atom is -0.495 e. The third kappa shape index (κ3) is 5.36. The van der Waals surface area contributed by atoms with Crippen molar-refractivity contribution in [3.63, 3.8) is 0 Å². The first-order chi connectivity index (χ1) is 13.1. The lowest BCUT2D eigenvalue weighted by molar-refractivity contribution is -0.118. The highest BCUT2D eigenvalue weighted by molar-refractivity contribution is 6.32. The summed E-state index contributed by atoms with van der Waals surface area (Å²) in [5, 5.41) is 3.13. The van der Waals surface area contributed by atoms with Crippen LogP contribution in [-0.4, -0.2) is 24.6 Å². The predicted molar refractivity (Wildman–Crippen MR) is 103 cm³/mol. The monoisotopic (exact) mass is 384 g/mol. The van der Waals surface area contributed by atoms with Gasteiger partial charge in [0.05, 0.1) is 12.1 Å². The number of halogens is 1. The van der Waals surface area contributed by atoms with Crippen LogP contribution >= 0.6 is 11.6 Å². The number of rotatable bonds is 7. The molecule has 1 heterocycles. The summed E-state index contributed by atoms with van der Waals surface area (Å²) < 4.78 is 16.2. The molecule has 6 nitrogen and oxygen atoms in total. The summed E-state index contributed by atoms with van der Waals surface area (Å²) >= 11 is 6.03. The van der Waals surface area contributed by atoms with E-state index in [-0.39, 0.29) is 12.5 Å². The lowest BCUT2D eigenvalue weighted by Gasteiger charge is -2.10. The summed E-state index contributed by atoms with van der Waals surface area (Å²) in [7, 11) is 1.53. The molecular weight excluding hydrogens is 368 g/mol. The molecule has 1 amide bonds. The van der Waals surface area contributed by atoms with Gasteiger partial charge >= 0.3 is 0 Å². The van der Waals surface area contributed by atoms with Gasteiger partial charge in [0, 0.05) is 18.0 Å². The zero-order chi connectivity index (χ0) is 19.1. The van der Waals surface area contributed by atoms with Gasteiger partial charge < -0.3 is 19.5 Å². The number of carbonyl (C=O) groups excluding carboxylic acids is 1. The number of benzene rings is 2. The molecule has 0 fully saturated rings. The molecule has 1 N–H and O–H groups in total. The maximum absolute atomic E-state index is 12.0. The minimum atomic E-state index is -0.301. The molecule has 0 aliphatic rings. The molecule has 138 valence electrons. The summed E-state index contributed by atoms with van der Waals surface area (Å²) in [5.41, 5.74) is 0.563. The maximum atomic E-state index is 12.0. The van der Waals surface area contributed by atoms with E-state index in [0.717, 1.165) is 0 Å². The molecule has 2 aromatic carbocycles. The molecule has 0 saturated carbocycles. The van der Waals surface area contributed by atoms with Crippen molar-refractivity contribution in [1.29, 1.82) is 0 Å². The fourth-order valence-corrected chi connectivity index (χ4v) is 2.48. The molecule has 3 rings (SSSR count). The third-order valence-corrected chi connectivity index (χ3v) is 3.78. The molecule has 3 aromatic rings. The second-order valence-corrected chi connectivity index (χ2v) is 5.83. The first-order valence-corrected chi connectivity index (χ1v) is 8.47. The molecule has 27 heavy (non-hydrogen) atoms. The van der Waals surface area contributed by atoms with Crippen molar-refractivity contribution in [2.75, 3.05) is 19.0 Å². The van der Waals surface area contributed by atoms with Gasteiger partial charge in [-0.1, -0.05) is 17.7 Å². The van der Waals surface area contributed by atoms with Gasteiger partial charge in [-0.05, 0) is 48.5 Å². The van der Waals surface area contributed by atoms with Crippen LogP contribution in [-0.2, 0) is 4.79 Å². The van der Waals surface area contributed by atoms with Crippen LogP contribution in [0.3, 0.4) is 0 Å². The van der Waals surface area contributed by atoms with Gasteiger partial charge in [0.2, 0.25) is 5.88 Å². The average molecular weight is 385 g/mol. The Morgan fingerprint density at radius 2 is 1.85 bits per heavy atom. The third-order valence-electron chi connectivity index (χ3n) is 3.49. The quantitative estimate of drug-likeness (QED) is 0.647. The Morgan fingerprint density at radius 3 is 2.52 bits per heavy atom. The van der Waals surface area contributed by atoms with Gasteiger partial charge in [-0.2, -0.15) is 0 Å². The Balaban J connectivity index is 1.50. The summed E-state index contributed by atoms with van der Waals surface area (Å²) in [6.07, 6.45) is 1.65. The van der Waals surface area contributed by atoms with E-state index in [1.807, 2.05) is 12.1 Å². The fraction of sp³-hybridized carbons (Fsp3) is 0.100. The number of amides is 1. The van der Waals surface area contributed by atoms with E-state index < -0.39 is 0 Å². The Morgan fingerprint density at radius 1 is 1.07 bits per heavy atom. The number of methoxy groups -OCH3 is 1. The van der Waals surface area contributed by atoms with E-state index >= 15 is 0 Å². The van der Waals surface area contributed by atoms with Crippen molar-refractivity contribution >= 4 is 23.2 Å². The van der Waals surface area contributed by atoms with E-state index in [0.29, 0.717) is 33.8 Å². The van der Waals surface area contributed by atoms with Crippen LogP contribution in [0.5, 0.6) is 23.1 Å². The van der Waals surface area contributed by atoms with E-state index in [2.05, 4.69) is 10.3 Å². The summed E-state index contributed by atoms with van der Waals surface area (Å²) in [6, 6.07) is 17.3. The second-order valence-electron chi connectivity index (χ2n) is 5.43. The largest absolute Gasteiger partial charge is 0.495 e. The Bertz CT molecular complexity index is 902. The van der Waals surface area contributed by atoms with Crippen LogP contribution in [0.2, 0.25) is 5.02 Å².